The van der Waals surface area contributed by atoms with Crippen LogP contribution in [0.25, 0.3) is 0 Å². The summed E-state index contributed by atoms with van der Waals surface area (Å²) >= 11 is 0. The second-order valence-corrected chi connectivity index (χ2v) is 7.34. The average Bonchev–Trinajstić information content (AvgIpc) is 3.04. The number of hydrogen-bond donors (Lipinski definition) is 1. The van der Waals surface area contributed by atoms with Crippen molar-refractivity contribution in [1.29, 1.82) is 0 Å². The summed E-state index contributed by atoms with van der Waals surface area (Å²) in [4.78, 5) is 2.41. The molecular weight excluding hydrogens is 278 g/mol. The van der Waals surface area contributed by atoms with Gasteiger partial charge in [-0.2, -0.15) is 4.31 Å². The van der Waals surface area contributed by atoms with Gasteiger partial charge in [0, 0.05) is 19.1 Å². The van der Waals surface area contributed by atoms with Crippen LogP contribution in [0.15, 0.2) is 21.6 Å². The van der Waals surface area contributed by atoms with Gasteiger partial charge in [-0.15, -0.1) is 0 Å². The third-order valence-corrected chi connectivity index (χ3v) is 5.94. The Morgan fingerprint density at radius 2 is 2.05 bits per heavy atom. The van der Waals surface area contributed by atoms with Crippen molar-refractivity contribution >= 4 is 10.0 Å². The maximum Gasteiger partial charge on any atom is 0.276 e. The highest BCUT2D eigenvalue weighted by Gasteiger charge is 2.35. The standard InChI is InChI=1S/C13H21N3O3S/c14-9-12-4-5-13(19-12)20(17,18)16-8-2-7-15-6-1-3-11(15)10-16/h4-5,11H,1-3,6-10,14H2. The molecule has 0 spiro atoms. The highest BCUT2D eigenvalue weighted by molar-refractivity contribution is 7.89. The van der Waals surface area contributed by atoms with Gasteiger partial charge in [-0.05, 0) is 44.5 Å². The number of sulfonamides is 1. The molecule has 2 aliphatic rings. The maximum atomic E-state index is 12.6. The van der Waals surface area contributed by atoms with Gasteiger partial charge in [-0.1, -0.05) is 0 Å². The summed E-state index contributed by atoms with van der Waals surface area (Å²) < 4.78 is 32.2. The first-order valence-corrected chi connectivity index (χ1v) is 8.58. The molecule has 2 saturated heterocycles. The van der Waals surface area contributed by atoms with Crippen LogP contribution in [0.1, 0.15) is 25.0 Å². The van der Waals surface area contributed by atoms with E-state index in [1.54, 1.807) is 10.4 Å². The molecule has 1 atom stereocenters. The Balaban J connectivity index is 1.82. The summed E-state index contributed by atoms with van der Waals surface area (Å²) in [6.45, 7) is 3.43. The molecule has 1 unspecified atom stereocenters. The van der Waals surface area contributed by atoms with Gasteiger partial charge in [0.05, 0.1) is 6.54 Å². The number of hydrogen-bond acceptors (Lipinski definition) is 5. The molecule has 3 heterocycles. The van der Waals surface area contributed by atoms with Gasteiger partial charge < -0.3 is 10.2 Å². The van der Waals surface area contributed by atoms with Crippen LogP contribution in [0, 0.1) is 0 Å². The monoisotopic (exact) mass is 299 g/mol. The van der Waals surface area contributed by atoms with Crippen molar-refractivity contribution in [3.63, 3.8) is 0 Å². The molecule has 2 aliphatic heterocycles. The Kier molecular flexibility index (Phi) is 3.85. The Morgan fingerprint density at radius 1 is 1.25 bits per heavy atom. The molecule has 112 valence electrons. The lowest BCUT2D eigenvalue weighted by atomic mass is 10.2. The molecular formula is C13H21N3O3S. The zero-order valence-electron chi connectivity index (χ0n) is 11.5. The van der Waals surface area contributed by atoms with E-state index in [0.717, 1.165) is 32.4 Å². The lowest BCUT2D eigenvalue weighted by Crippen LogP contribution is -2.39. The summed E-state index contributed by atoms with van der Waals surface area (Å²) in [5, 5.41) is 0.0180. The van der Waals surface area contributed by atoms with Gasteiger partial charge in [0.15, 0.2) is 0 Å². The first-order valence-electron chi connectivity index (χ1n) is 7.14. The number of rotatable bonds is 3. The lowest BCUT2D eigenvalue weighted by molar-refractivity contribution is 0.256. The van der Waals surface area contributed by atoms with Gasteiger partial charge in [-0.3, -0.25) is 4.90 Å². The number of furan rings is 1. The second kappa shape index (κ2) is 5.48. The van der Waals surface area contributed by atoms with Crippen LogP contribution in [0.4, 0.5) is 0 Å². The zero-order chi connectivity index (χ0) is 14.2. The molecule has 2 N–H and O–H groups in total. The molecule has 0 aliphatic carbocycles. The maximum absolute atomic E-state index is 12.6. The molecule has 6 nitrogen and oxygen atoms in total. The van der Waals surface area contributed by atoms with Crippen molar-refractivity contribution in [3.8, 4) is 0 Å². The van der Waals surface area contributed by atoms with Crippen molar-refractivity contribution in [2.45, 2.75) is 36.9 Å². The summed E-state index contributed by atoms with van der Waals surface area (Å²) in [7, 11) is -3.53. The van der Waals surface area contributed by atoms with E-state index < -0.39 is 10.0 Å². The molecule has 0 saturated carbocycles. The van der Waals surface area contributed by atoms with Crippen molar-refractivity contribution in [2.75, 3.05) is 26.2 Å². The third-order valence-electron chi connectivity index (χ3n) is 4.20. The Labute approximate surface area is 119 Å². The van der Waals surface area contributed by atoms with Gasteiger partial charge in [0.1, 0.15) is 5.76 Å². The van der Waals surface area contributed by atoms with E-state index in [0.29, 0.717) is 24.9 Å². The highest BCUT2D eigenvalue weighted by Crippen LogP contribution is 2.26. The van der Waals surface area contributed by atoms with Crippen LogP contribution >= 0.6 is 0 Å². The molecule has 0 bridgehead atoms. The zero-order valence-corrected chi connectivity index (χ0v) is 12.3. The molecule has 3 rings (SSSR count). The number of fused-ring (bicyclic) bond motifs is 1. The smallest absolute Gasteiger partial charge is 0.276 e. The van der Waals surface area contributed by atoms with E-state index in [9.17, 15) is 8.42 Å². The second-order valence-electron chi connectivity index (χ2n) is 5.47. The predicted molar refractivity (Wildman–Crippen MR) is 74.6 cm³/mol. The summed E-state index contributed by atoms with van der Waals surface area (Å²) in [5.41, 5.74) is 5.47. The van der Waals surface area contributed by atoms with Gasteiger partial charge in [-0.25, -0.2) is 8.42 Å². The van der Waals surface area contributed by atoms with Crippen LogP contribution in [0.2, 0.25) is 0 Å². The Bertz CT molecular complexity index is 569. The summed E-state index contributed by atoms with van der Waals surface area (Å²) in [6, 6.07) is 3.50. The van der Waals surface area contributed by atoms with E-state index in [-0.39, 0.29) is 11.6 Å². The SMILES string of the molecule is NCc1ccc(S(=O)(=O)N2CCCN3CCCC3C2)o1. The van der Waals surface area contributed by atoms with Gasteiger partial charge in [0.2, 0.25) is 5.09 Å². The fourth-order valence-electron chi connectivity index (χ4n) is 3.12. The molecule has 1 aromatic rings. The quantitative estimate of drug-likeness (QED) is 0.884. The molecule has 20 heavy (non-hydrogen) atoms. The molecule has 0 amide bonds. The third kappa shape index (κ3) is 2.50. The van der Waals surface area contributed by atoms with Crippen LogP contribution in [0.3, 0.4) is 0 Å². The molecule has 0 aromatic carbocycles. The summed E-state index contributed by atoms with van der Waals surface area (Å²) in [6.07, 6.45) is 3.12. The molecule has 7 heteroatoms. The van der Waals surface area contributed by atoms with Crippen molar-refractivity contribution < 1.29 is 12.8 Å². The first kappa shape index (κ1) is 14.1. The normalized spacial score (nSPS) is 25.6. The summed E-state index contributed by atoms with van der Waals surface area (Å²) in [5.74, 6) is 0.501. The minimum atomic E-state index is -3.53. The molecule has 1 aromatic heterocycles. The van der Waals surface area contributed by atoms with Crippen LogP contribution in [-0.2, 0) is 16.6 Å². The van der Waals surface area contributed by atoms with E-state index >= 15 is 0 Å². The van der Waals surface area contributed by atoms with E-state index in [2.05, 4.69) is 4.90 Å². The van der Waals surface area contributed by atoms with Crippen LogP contribution in [-0.4, -0.2) is 49.8 Å². The van der Waals surface area contributed by atoms with E-state index in [4.69, 9.17) is 10.2 Å². The first-order chi connectivity index (χ1) is 9.61. The largest absolute Gasteiger partial charge is 0.447 e. The van der Waals surface area contributed by atoms with Crippen molar-refractivity contribution in [1.82, 2.24) is 9.21 Å². The average molecular weight is 299 g/mol. The molecule has 2 fully saturated rings. The number of nitrogens with zero attached hydrogens (tertiary/aromatic N) is 2. The fraction of sp³-hybridized carbons (Fsp3) is 0.692. The topological polar surface area (TPSA) is 79.8 Å². The van der Waals surface area contributed by atoms with Crippen LogP contribution in [0.5, 0.6) is 0 Å². The van der Waals surface area contributed by atoms with Gasteiger partial charge in [0.25, 0.3) is 10.0 Å². The fourth-order valence-corrected chi connectivity index (χ4v) is 4.57. The van der Waals surface area contributed by atoms with E-state index in [1.807, 2.05) is 0 Å². The minimum absolute atomic E-state index is 0.0180. The minimum Gasteiger partial charge on any atom is -0.447 e. The highest BCUT2D eigenvalue weighted by atomic mass is 32.2. The van der Waals surface area contributed by atoms with Gasteiger partial charge >= 0.3 is 0 Å². The molecule has 0 radical (unpaired) electrons. The predicted octanol–water partition coefficient (Wildman–Crippen LogP) is 0.597. The number of nitrogens with two attached hydrogens (primary N) is 1. The Hall–Kier alpha value is -0.890. The van der Waals surface area contributed by atoms with Crippen molar-refractivity contribution in [3.05, 3.63) is 17.9 Å². The lowest BCUT2D eigenvalue weighted by Gasteiger charge is -2.24. The van der Waals surface area contributed by atoms with Crippen molar-refractivity contribution in [2.24, 2.45) is 5.73 Å². The Morgan fingerprint density at radius 3 is 2.80 bits per heavy atom. The van der Waals surface area contributed by atoms with Crippen LogP contribution < -0.4 is 5.73 Å². The van der Waals surface area contributed by atoms with E-state index in [1.165, 1.54) is 6.07 Å².